The Hall–Kier alpha value is -1.69. The van der Waals surface area contributed by atoms with E-state index >= 15 is 0 Å². The Morgan fingerprint density at radius 2 is 1.71 bits per heavy atom. The van der Waals surface area contributed by atoms with Gasteiger partial charge in [0.2, 0.25) is 10.0 Å². The molecule has 3 nitrogen and oxygen atoms in total. The van der Waals surface area contributed by atoms with Crippen LogP contribution in [0.15, 0.2) is 71.6 Å². The van der Waals surface area contributed by atoms with Gasteiger partial charge in [0, 0.05) is 12.6 Å². The predicted octanol–water partition coefficient (Wildman–Crippen LogP) is 4.71. The third-order valence-corrected chi connectivity index (χ3v) is 10.6. The summed E-state index contributed by atoms with van der Waals surface area (Å²) in [6.07, 6.45) is 7.60. The second kappa shape index (κ2) is 8.76. The molecule has 150 valence electrons. The Bertz CT molecular complexity index is 905. The monoisotopic (exact) mass is 413 g/mol. The molecule has 1 aliphatic heterocycles. The van der Waals surface area contributed by atoms with Crippen LogP contribution in [0.3, 0.4) is 0 Å². The van der Waals surface area contributed by atoms with E-state index in [0.717, 1.165) is 30.9 Å². The van der Waals surface area contributed by atoms with Crippen LogP contribution < -0.4 is 5.19 Å². The van der Waals surface area contributed by atoms with Gasteiger partial charge in [0.25, 0.3) is 0 Å². The minimum Gasteiger partial charge on any atom is -0.207 e. The van der Waals surface area contributed by atoms with Gasteiger partial charge in [0.05, 0.1) is 13.0 Å². The zero-order valence-electron chi connectivity index (χ0n) is 17.1. The fourth-order valence-corrected chi connectivity index (χ4v) is 7.21. The third kappa shape index (κ3) is 5.22. The lowest BCUT2D eigenvalue weighted by atomic mass is 10.2. The maximum Gasteiger partial charge on any atom is 0.243 e. The Balaban J connectivity index is 1.41. The maximum atomic E-state index is 12.6. The lowest BCUT2D eigenvalue weighted by Crippen LogP contribution is -2.40. The number of benzene rings is 2. The largest absolute Gasteiger partial charge is 0.243 e. The molecule has 2 atom stereocenters. The molecular weight excluding hydrogens is 382 g/mol. The average molecular weight is 414 g/mol. The standard InChI is InChI=1S/C23H31NO2SSi/c1-20-14-16-22(17-15-20)27(25,26)24-19-21(24)11-7-4-5-10-18-28(2,3)23-12-8-6-9-13-23/h5-6,8-10,12-17,21H,4,7,11,18-19H2,1-3H3/b10-5-/t21-,24?/m1/s1. The molecule has 0 spiro atoms. The van der Waals surface area contributed by atoms with Crippen LogP contribution in [0.2, 0.25) is 19.1 Å². The molecule has 1 unspecified atom stereocenters. The Morgan fingerprint density at radius 1 is 1.04 bits per heavy atom. The first-order valence-electron chi connectivity index (χ1n) is 10.1. The van der Waals surface area contributed by atoms with Crippen molar-refractivity contribution in [2.24, 2.45) is 0 Å². The molecule has 1 heterocycles. The van der Waals surface area contributed by atoms with Crippen molar-refractivity contribution >= 4 is 23.3 Å². The highest BCUT2D eigenvalue weighted by Gasteiger charge is 2.43. The van der Waals surface area contributed by atoms with Gasteiger partial charge < -0.3 is 0 Å². The molecule has 1 fully saturated rings. The van der Waals surface area contributed by atoms with Crippen molar-refractivity contribution in [3.63, 3.8) is 0 Å². The minimum atomic E-state index is -3.31. The van der Waals surface area contributed by atoms with Crippen LogP contribution >= 0.6 is 0 Å². The Kier molecular flexibility index (Phi) is 6.58. The summed E-state index contributed by atoms with van der Waals surface area (Å²) in [6.45, 7) is 7.44. The summed E-state index contributed by atoms with van der Waals surface area (Å²) in [5.74, 6) is 0. The van der Waals surface area contributed by atoms with E-state index in [4.69, 9.17) is 0 Å². The molecule has 2 aromatic carbocycles. The number of hydrogen-bond donors (Lipinski definition) is 0. The highest BCUT2D eigenvalue weighted by atomic mass is 32.2. The first-order chi connectivity index (χ1) is 13.3. The van der Waals surface area contributed by atoms with Crippen LogP contribution in [-0.4, -0.2) is 33.4 Å². The molecule has 0 bridgehead atoms. The number of nitrogens with zero attached hydrogens (tertiary/aromatic N) is 1. The summed E-state index contributed by atoms with van der Waals surface area (Å²) < 4.78 is 26.9. The van der Waals surface area contributed by atoms with Crippen LogP contribution in [0.4, 0.5) is 0 Å². The summed E-state index contributed by atoms with van der Waals surface area (Å²) >= 11 is 0. The van der Waals surface area contributed by atoms with Crippen molar-refractivity contribution in [3.05, 3.63) is 72.3 Å². The Morgan fingerprint density at radius 3 is 2.39 bits per heavy atom. The topological polar surface area (TPSA) is 37.1 Å². The van der Waals surface area contributed by atoms with Crippen molar-refractivity contribution in [3.8, 4) is 0 Å². The fraction of sp³-hybridized carbons (Fsp3) is 0.391. The maximum absolute atomic E-state index is 12.6. The van der Waals surface area contributed by atoms with Crippen molar-refractivity contribution in [1.82, 2.24) is 4.31 Å². The molecule has 0 aromatic heterocycles. The highest BCUT2D eigenvalue weighted by Crippen LogP contribution is 2.31. The van der Waals surface area contributed by atoms with Gasteiger partial charge in [-0.3, -0.25) is 0 Å². The number of allylic oxidation sites excluding steroid dienone is 2. The van der Waals surface area contributed by atoms with Gasteiger partial charge in [0.15, 0.2) is 0 Å². The number of unbranched alkanes of at least 4 members (excludes halogenated alkanes) is 1. The van der Waals surface area contributed by atoms with E-state index in [2.05, 4.69) is 55.6 Å². The van der Waals surface area contributed by atoms with E-state index < -0.39 is 18.1 Å². The molecule has 28 heavy (non-hydrogen) atoms. The second-order valence-corrected chi connectivity index (χ2v) is 15.0. The van der Waals surface area contributed by atoms with E-state index in [1.807, 2.05) is 19.1 Å². The van der Waals surface area contributed by atoms with Crippen molar-refractivity contribution in [2.75, 3.05) is 6.54 Å². The SMILES string of the molecule is Cc1ccc(S(=O)(=O)N2C[C@H]2CCC/C=C\C[Si](C)(C)c2ccccc2)cc1. The second-order valence-electron chi connectivity index (χ2n) is 8.40. The lowest BCUT2D eigenvalue weighted by Gasteiger charge is -2.20. The number of hydrogen-bond acceptors (Lipinski definition) is 2. The molecule has 5 heteroatoms. The van der Waals surface area contributed by atoms with Crippen molar-refractivity contribution in [1.29, 1.82) is 0 Å². The van der Waals surface area contributed by atoms with E-state index in [-0.39, 0.29) is 6.04 Å². The minimum absolute atomic E-state index is 0.176. The van der Waals surface area contributed by atoms with Gasteiger partial charge in [-0.25, -0.2) is 8.42 Å². The molecule has 2 aromatic rings. The summed E-state index contributed by atoms with van der Waals surface area (Å²) in [7, 11) is -4.71. The van der Waals surface area contributed by atoms with Crippen LogP contribution in [0, 0.1) is 6.92 Å². The van der Waals surface area contributed by atoms with Crippen LogP contribution in [0.1, 0.15) is 24.8 Å². The van der Waals surface area contributed by atoms with Gasteiger partial charge >= 0.3 is 0 Å². The smallest absolute Gasteiger partial charge is 0.207 e. The number of aryl methyl sites for hydroxylation is 1. The molecule has 0 amide bonds. The van der Waals surface area contributed by atoms with E-state index in [1.165, 1.54) is 5.19 Å². The molecule has 1 aliphatic rings. The molecular formula is C23H31NO2SSi. The van der Waals surface area contributed by atoms with Gasteiger partial charge in [-0.15, -0.1) is 0 Å². The summed E-state index contributed by atoms with van der Waals surface area (Å²) in [6, 6.07) is 19.3. The zero-order valence-corrected chi connectivity index (χ0v) is 19.0. The number of sulfonamides is 1. The first kappa shape index (κ1) is 21.0. The number of rotatable bonds is 9. The van der Waals surface area contributed by atoms with E-state index in [9.17, 15) is 8.42 Å². The van der Waals surface area contributed by atoms with Gasteiger partial charge in [-0.1, -0.05) is 78.5 Å². The normalized spacial score (nSPS) is 19.8. The summed E-state index contributed by atoms with van der Waals surface area (Å²) in [4.78, 5) is 0.411. The third-order valence-electron chi connectivity index (χ3n) is 5.55. The average Bonchev–Trinajstić information content (AvgIpc) is 3.46. The summed E-state index contributed by atoms with van der Waals surface area (Å²) in [5, 5.41) is 1.49. The first-order valence-corrected chi connectivity index (χ1v) is 14.7. The molecule has 3 rings (SSSR count). The quantitative estimate of drug-likeness (QED) is 0.258. The molecule has 0 aliphatic carbocycles. The highest BCUT2D eigenvalue weighted by molar-refractivity contribution is 7.89. The fourth-order valence-electron chi connectivity index (χ4n) is 3.51. The van der Waals surface area contributed by atoms with Crippen molar-refractivity contribution < 1.29 is 8.42 Å². The van der Waals surface area contributed by atoms with Gasteiger partial charge in [-0.05, 0) is 44.4 Å². The van der Waals surface area contributed by atoms with Gasteiger partial charge in [-0.2, -0.15) is 4.31 Å². The lowest BCUT2D eigenvalue weighted by molar-refractivity contribution is 0.544. The predicted molar refractivity (Wildman–Crippen MR) is 120 cm³/mol. The Labute approximate surface area is 171 Å². The van der Waals surface area contributed by atoms with Crippen LogP contribution in [-0.2, 0) is 10.0 Å². The van der Waals surface area contributed by atoms with Crippen LogP contribution in [0.25, 0.3) is 0 Å². The van der Waals surface area contributed by atoms with Crippen molar-refractivity contribution in [2.45, 2.75) is 56.3 Å². The summed E-state index contributed by atoms with van der Waals surface area (Å²) in [5.41, 5.74) is 1.08. The molecule has 0 saturated carbocycles. The van der Waals surface area contributed by atoms with E-state index in [1.54, 1.807) is 16.4 Å². The van der Waals surface area contributed by atoms with Crippen LogP contribution in [0.5, 0.6) is 0 Å². The van der Waals surface area contributed by atoms with E-state index in [0.29, 0.717) is 11.4 Å². The molecule has 1 saturated heterocycles. The molecule has 0 radical (unpaired) electrons. The van der Waals surface area contributed by atoms with Gasteiger partial charge in [0.1, 0.15) is 0 Å². The zero-order chi connectivity index (χ0) is 20.2. The molecule has 0 N–H and O–H groups in total.